The highest BCUT2D eigenvalue weighted by atomic mass is 35.5. The van der Waals surface area contributed by atoms with E-state index in [1.54, 1.807) is 0 Å². The summed E-state index contributed by atoms with van der Waals surface area (Å²) in [6.45, 7) is 2.41. The molecule has 60 valence electrons. The molecule has 2 nitrogen and oxygen atoms in total. The normalized spacial score (nSPS) is 9.73. The van der Waals surface area contributed by atoms with Crippen LogP contribution < -0.4 is 4.74 Å². The monoisotopic (exact) mass is 191 g/mol. The van der Waals surface area contributed by atoms with Crippen LogP contribution in [0.5, 0.6) is 5.75 Å². The fourth-order valence-corrected chi connectivity index (χ4v) is 1.16. The summed E-state index contributed by atoms with van der Waals surface area (Å²) in [7, 11) is 0. The Morgan fingerprint density at radius 1 is 1.36 bits per heavy atom. The molecule has 0 unspecified atom stereocenters. The number of hydrogen-bond acceptors (Lipinski definition) is 2. The van der Waals surface area contributed by atoms with E-state index in [9.17, 15) is 0 Å². The van der Waals surface area contributed by atoms with Gasteiger partial charge in [0.1, 0.15) is 10.0 Å². The summed E-state index contributed by atoms with van der Waals surface area (Å²) in [5, 5.41) is 0.888. The molecule has 0 saturated carbocycles. The Morgan fingerprint density at radius 3 is 2.36 bits per heavy atom. The van der Waals surface area contributed by atoms with E-state index in [2.05, 4.69) is 4.98 Å². The van der Waals surface area contributed by atoms with Crippen LogP contribution in [0.2, 0.25) is 10.0 Å². The summed E-state index contributed by atoms with van der Waals surface area (Å²) in [6, 6.07) is 0. The second kappa shape index (κ2) is 3.79. The Balaban J connectivity index is 3.00. The highest BCUT2D eigenvalue weighted by Crippen LogP contribution is 2.30. The van der Waals surface area contributed by atoms with Crippen LogP contribution >= 0.6 is 23.2 Å². The molecule has 0 radical (unpaired) electrons. The average molecular weight is 192 g/mol. The van der Waals surface area contributed by atoms with Crippen LogP contribution in [0.1, 0.15) is 6.92 Å². The molecule has 0 aliphatic heterocycles. The van der Waals surface area contributed by atoms with Gasteiger partial charge in [0.2, 0.25) is 0 Å². The fourth-order valence-electron chi connectivity index (χ4n) is 0.682. The summed E-state index contributed by atoms with van der Waals surface area (Å²) < 4.78 is 5.16. The summed E-state index contributed by atoms with van der Waals surface area (Å²) in [5.41, 5.74) is 0. The maximum atomic E-state index is 5.74. The van der Waals surface area contributed by atoms with E-state index in [-0.39, 0.29) is 0 Å². The predicted molar refractivity (Wildman–Crippen MR) is 45.4 cm³/mol. The number of ether oxygens (including phenoxy) is 1. The predicted octanol–water partition coefficient (Wildman–Crippen LogP) is 2.79. The van der Waals surface area contributed by atoms with Crippen molar-refractivity contribution in [3.05, 3.63) is 22.4 Å². The van der Waals surface area contributed by atoms with E-state index in [4.69, 9.17) is 27.9 Å². The lowest BCUT2D eigenvalue weighted by atomic mass is 10.4. The van der Waals surface area contributed by atoms with Crippen molar-refractivity contribution in [1.29, 1.82) is 0 Å². The Hall–Kier alpha value is -0.470. The van der Waals surface area contributed by atoms with E-state index in [1.807, 2.05) is 6.92 Å². The molecule has 0 aromatic carbocycles. The molecule has 1 heterocycles. The maximum Gasteiger partial charge on any atom is 0.159 e. The molecule has 0 N–H and O–H groups in total. The summed E-state index contributed by atoms with van der Waals surface area (Å²) >= 11 is 11.5. The largest absolute Gasteiger partial charge is 0.491 e. The van der Waals surface area contributed by atoms with Gasteiger partial charge in [-0.25, -0.2) is 0 Å². The number of aromatic nitrogens is 1. The fraction of sp³-hybridized carbons (Fsp3) is 0.286. The van der Waals surface area contributed by atoms with Gasteiger partial charge in [0, 0.05) is 12.4 Å². The van der Waals surface area contributed by atoms with Crippen molar-refractivity contribution >= 4 is 23.2 Å². The SMILES string of the molecule is CCOc1c(Cl)cncc1Cl. The lowest BCUT2D eigenvalue weighted by Crippen LogP contribution is -1.93. The van der Waals surface area contributed by atoms with Crippen molar-refractivity contribution in [2.24, 2.45) is 0 Å². The zero-order valence-electron chi connectivity index (χ0n) is 5.97. The number of hydrogen-bond donors (Lipinski definition) is 0. The first kappa shape index (κ1) is 8.62. The van der Waals surface area contributed by atoms with Crippen molar-refractivity contribution < 1.29 is 4.74 Å². The molecule has 0 fully saturated rings. The topological polar surface area (TPSA) is 22.1 Å². The standard InChI is InChI=1S/C7H7Cl2NO/c1-2-11-7-5(8)3-10-4-6(7)9/h3-4H,2H2,1H3. The van der Waals surface area contributed by atoms with Crippen molar-refractivity contribution in [1.82, 2.24) is 4.98 Å². The molecular formula is C7H7Cl2NO. The van der Waals surface area contributed by atoms with E-state index < -0.39 is 0 Å². The minimum atomic E-state index is 0.444. The quantitative estimate of drug-likeness (QED) is 0.718. The summed E-state index contributed by atoms with van der Waals surface area (Å²) in [6.07, 6.45) is 3.00. The van der Waals surface area contributed by atoms with E-state index in [0.29, 0.717) is 22.4 Å². The maximum absolute atomic E-state index is 5.74. The first-order valence-corrected chi connectivity index (χ1v) is 3.93. The molecular weight excluding hydrogens is 185 g/mol. The molecule has 1 aromatic rings. The highest BCUT2D eigenvalue weighted by molar-refractivity contribution is 6.36. The molecule has 11 heavy (non-hydrogen) atoms. The molecule has 0 atom stereocenters. The van der Waals surface area contributed by atoms with Gasteiger partial charge in [-0.15, -0.1) is 0 Å². The van der Waals surface area contributed by atoms with E-state index in [1.165, 1.54) is 12.4 Å². The third-order valence-electron chi connectivity index (χ3n) is 1.10. The third-order valence-corrected chi connectivity index (χ3v) is 1.64. The average Bonchev–Trinajstić information content (AvgIpc) is 1.97. The van der Waals surface area contributed by atoms with Gasteiger partial charge in [-0.05, 0) is 6.92 Å². The first-order chi connectivity index (χ1) is 5.25. The first-order valence-electron chi connectivity index (χ1n) is 3.17. The Labute approximate surface area is 75.1 Å². The van der Waals surface area contributed by atoms with Crippen molar-refractivity contribution in [2.75, 3.05) is 6.61 Å². The summed E-state index contributed by atoms with van der Waals surface area (Å²) in [5.74, 6) is 0.505. The molecule has 0 saturated heterocycles. The zero-order chi connectivity index (χ0) is 8.27. The van der Waals surface area contributed by atoms with Gasteiger partial charge >= 0.3 is 0 Å². The molecule has 0 bridgehead atoms. The van der Waals surface area contributed by atoms with Gasteiger partial charge in [0.05, 0.1) is 6.61 Å². The van der Waals surface area contributed by atoms with E-state index >= 15 is 0 Å². The number of rotatable bonds is 2. The van der Waals surface area contributed by atoms with Gasteiger partial charge < -0.3 is 4.74 Å². The van der Waals surface area contributed by atoms with Gasteiger partial charge in [0.15, 0.2) is 5.75 Å². The van der Waals surface area contributed by atoms with Crippen LogP contribution in [0, 0.1) is 0 Å². The molecule has 1 aromatic heterocycles. The van der Waals surface area contributed by atoms with Crippen molar-refractivity contribution in [3.63, 3.8) is 0 Å². The van der Waals surface area contributed by atoms with Crippen LogP contribution in [0.25, 0.3) is 0 Å². The van der Waals surface area contributed by atoms with Crippen LogP contribution in [0.3, 0.4) is 0 Å². The van der Waals surface area contributed by atoms with Crippen molar-refractivity contribution in [3.8, 4) is 5.75 Å². The van der Waals surface area contributed by atoms with Crippen LogP contribution in [0.4, 0.5) is 0 Å². The van der Waals surface area contributed by atoms with Gasteiger partial charge in [-0.1, -0.05) is 23.2 Å². The van der Waals surface area contributed by atoms with Crippen LogP contribution in [-0.4, -0.2) is 11.6 Å². The lowest BCUT2D eigenvalue weighted by Gasteiger charge is -2.05. The zero-order valence-corrected chi connectivity index (χ0v) is 7.49. The molecule has 1 rings (SSSR count). The smallest absolute Gasteiger partial charge is 0.159 e. The minimum absolute atomic E-state index is 0.444. The minimum Gasteiger partial charge on any atom is -0.491 e. The third kappa shape index (κ3) is 1.98. The van der Waals surface area contributed by atoms with Crippen LogP contribution in [0.15, 0.2) is 12.4 Å². The van der Waals surface area contributed by atoms with Gasteiger partial charge in [-0.3, -0.25) is 4.98 Å². The van der Waals surface area contributed by atoms with Gasteiger partial charge in [0.25, 0.3) is 0 Å². The second-order valence-corrected chi connectivity index (χ2v) is 2.68. The Kier molecular flexibility index (Phi) is 2.97. The summed E-state index contributed by atoms with van der Waals surface area (Å²) in [4.78, 5) is 3.78. The second-order valence-electron chi connectivity index (χ2n) is 1.87. The number of nitrogens with zero attached hydrogens (tertiary/aromatic N) is 1. The molecule has 0 aliphatic rings. The molecule has 0 aliphatic carbocycles. The van der Waals surface area contributed by atoms with E-state index in [0.717, 1.165) is 0 Å². The Bertz CT molecular complexity index is 232. The number of pyridine rings is 1. The van der Waals surface area contributed by atoms with Gasteiger partial charge in [-0.2, -0.15) is 0 Å². The molecule has 0 amide bonds. The lowest BCUT2D eigenvalue weighted by molar-refractivity contribution is 0.340. The highest BCUT2D eigenvalue weighted by Gasteiger charge is 2.05. The molecule has 0 spiro atoms. The van der Waals surface area contributed by atoms with Crippen LogP contribution in [-0.2, 0) is 0 Å². The number of halogens is 2. The Morgan fingerprint density at radius 2 is 1.91 bits per heavy atom. The van der Waals surface area contributed by atoms with Crippen molar-refractivity contribution in [2.45, 2.75) is 6.92 Å². The molecule has 4 heteroatoms.